The molecule has 2 rings (SSSR count). The van der Waals surface area contributed by atoms with Crippen molar-refractivity contribution in [3.8, 4) is 0 Å². The van der Waals surface area contributed by atoms with Gasteiger partial charge in [-0.25, -0.2) is 8.42 Å². The summed E-state index contributed by atoms with van der Waals surface area (Å²) in [6, 6.07) is 16.1. The number of anilines is 1. The lowest BCUT2D eigenvalue weighted by molar-refractivity contribution is 0.0957. The highest BCUT2D eigenvalue weighted by Crippen LogP contribution is 2.25. The van der Waals surface area contributed by atoms with E-state index in [0.29, 0.717) is 17.8 Å². The SMILES string of the molecule is CC(C)(C)SCCNC(=O)c1ccccc1N(Cc1ccccc1)S(C)(=O)=O. The van der Waals surface area contributed by atoms with Crippen LogP contribution >= 0.6 is 11.8 Å². The first-order chi connectivity index (χ1) is 13.1. The Kier molecular flexibility index (Phi) is 7.55. The van der Waals surface area contributed by atoms with Crippen LogP contribution in [0, 0.1) is 0 Å². The zero-order chi connectivity index (χ0) is 20.8. The fraction of sp³-hybridized carbons (Fsp3) is 0.381. The van der Waals surface area contributed by atoms with Crippen LogP contribution in [0.5, 0.6) is 0 Å². The standard InChI is InChI=1S/C21H28N2O3S2/c1-21(2,3)27-15-14-22-20(24)18-12-8-9-13-19(18)23(28(4,25)26)16-17-10-6-5-7-11-17/h5-13H,14-16H2,1-4H3,(H,22,24). The molecule has 2 aromatic carbocycles. The molecule has 1 N–H and O–H groups in total. The molecule has 28 heavy (non-hydrogen) atoms. The van der Waals surface area contributed by atoms with Crippen molar-refractivity contribution in [3.63, 3.8) is 0 Å². The zero-order valence-electron chi connectivity index (χ0n) is 16.8. The molecule has 0 fully saturated rings. The van der Waals surface area contributed by atoms with Crippen molar-refractivity contribution in [2.75, 3.05) is 22.9 Å². The van der Waals surface area contributed by atoms with Gasteiger partial charge in [0.1, 0.15) is 0 Å². The maximum Gasteiger partial charge on any atom is 0.253 e. The number of benzene rings is 2. The van der Waals surface area contributed by atoms with Crippen molar-refractivity contribution in [3.05, 3.63) is 65.7 Å². The minimum Gasteiger partial charge on any atom is -0.351 e. The van der Waals surface area contributed by atoms with Crippen molar-refractivity contribution in [2.45, 2.75) is 32.1 Å². The molecule has 0 radical (unpaired) electrons. The lowest BCUT2D eigenvalue weighted by Gasteiger charge is -2.25. The molecule has 0 heterocycles. The van der Waals surface area contributed by atoms with E-state index >= 15 is 0 Å². The summed E-state index contributed by atoms with van der Waals surface area (Å²) >= 11 is 1.77. The Balaban J connectivity index is 2.22. The van der Waals surface area contributed by atoms with Gasteiger partial charge in [-0.3, -0.25) is 9.10 Å². The van der Waals surface area contributed by atoms with E-state index in [4.69, 9.17) is 0 Å². The van der Waals surface area contributed by atoms with Crippen molar-refractivity contribution in [2.24, 2.45) is 0 Å². The lowest BCUT2D eigenvalue weighted by atomic mass is 10.1. The quantitative estimate of drug-likeness (QED) is 0.658. The number of para-hydroxylation sites is 1. The fourth-order valence-electron chi connectivity index (χ4n) is 2.63. The molecule has 5 nitrogen and oxygen atoms in total. The highest BCUT2D eigenvalue weighted by atomic mass is 32.2. The second kappa shape index (κ2) is 9.47. The third-order valence-corrected chi connectivity index (χ3v) is 6.31. The number of carbonyl (C=O) groups excluding carboxylic acids is 1. The van der Waals surface area contributed by atoms with Gasteiger partial charge in [-0.1, -0.05) is 63.2 Å². The number of thioether (sulfide) groups is 1. The maximum absolute atomic E-state index is 12.7. The maximum atomic E-state index is 12.7. The zero-order valence-corrected chi connectivity index (χ0v) is 18.4. The summed E-state index contributed by atoms with van der Waals surface area (Å²) in [6.45, 7) is 7.07. The monoisotopic (exact) mass is 420 g/mol. The second-order valence-corrected chi connectivity index (χ2v) is 11.3. The summed E-state index contributed by atoms with van der Waals surface area (Å²) in [5.41, 5.74) is 1.59. The Morgan fingerprint density at radius 2 is 1.64 bits per heavy atom. The fourth-order valence-corrected chi connectivity index (χ4v) is 4.35. The lowest BCUT2D eigenvalue weighted by Crippen LogP contribution is -2.33. The topological polar surface area (TPSA) is 66.5 Å². The predicted octanol–water partition coefficient (Wildman–Crippen LogP) is 3.91. The third-order valence-electron chi connectivity index (χ3n) is 3.91. The van der Waals surface area contributed by atoms with Crippen molar-refractivity contribution in [1.29, 1.82) is 0 Å². The highest BCUT2D eigenvalue weighted by Gasteiger charge is 2.23. The molecule has 0 bridgehead atoms. The molecule has 1 amide bonds. The molecule has 7 heteroatoms. The number of amides is 1. The van der Waals surface area contributed by atoms with Crippen LogP contribution in [0.2, 0.25) is 0 Å². The largest absolute Gasteiger partial charge is 0.351 e. The van der Waals surface area contributed by atoms with E-state index in [1.165, 1.54) is 4.31 Å². The molecule has 0 spiro atoms. The van der Waals surface area contributed by atoms with Crippen LogP contribution in [0.15, 0.2) is 54.6 Å². The van der Waals surface area contributed by atoms with Gasteiger partial charge in [0.05, 0.1) is 24.1 Å². The predicted molar refractivity (Wildman–Crippen MR) is 118 cm³/mol. The van der Waals surface area contributed by atoms with Gasteiger partial charge in [-0.05, 0) is 17.7 Å². The van der Waals surface area contributed by atoms with E-state index in [9.17, 15) is 13.2 Å². The number of hydrogen-bond donors (Lipinski definition) is 1. The average Bonchev–Trinajstić information content (AvgIpc) is 2.62. The van der Waals surface area contributed by atoms with Gasteiger partial charge in [0.15, 0.2) is 0 Å². The Hall–Kier alpha value is -1.99. The number of nitrogens with one attached hydrogen (secondary N) is 1. The minimum absolute atomic E-state index is 0.130. The van der Waals surface area contributed by atoms with E-state index in [-0.39, 0.29) is 17.2 Å². The van der Waals surface area contributed by atoms with Crippen molar-refractivity contribution in [1.82, 2.24) is 5.32 Å². The van der Waals surface area contributed by atoms with Crippen LogP contribution in [0.4, 0.5) is 5.69 Å². The number of carbonyl (C=O) groups is 1. The van der Waals surface area contributed by atoms with E-state index in [2.05, 4.69) is 26.1 Å². The minimum atomic E-state index is -3.57. The highest BCUT2D eigenvalue weighted by molar-refractivity contribution is 8.00. The van der Waals surface area contributed by atoms with Crippen molar-refractivity contribution >= 4 is 33.4 Å². The molecule has 0 atom stereocenters. The smallest absolute Gasteiger partial charge is 0.253 e. The molecule has 0 unspecified atom stereocenters. The first kappa shape index (κ1) is 22.3. The first-order valence-electron chi connectivity index (χ1n) is 9.11. The molecule has 0 aliphatic rings. The summed E-state index contributed by atoms with van der Waals surface area (Å²) in [6.07, 6.45) is 1.16. The first-order valence-corrected chi connectivity index (χ1v) is 11.9. The molecule has 0 aromatic heterocycles. The Bertz CT molecular complexity index is 891. The van der Waals surface area contributed by atoms with E-state index in [1.807, 2.05) is 30.3 Å². The number of hydrogen-bond acceptors (Lipinski definition) is 4. The van der Waals surface area contributed by atoms with Gasteiger partial charge >= 0.3 is 0 Å². The summed E-state index contributed by atoms with van der Waals surface area (Å²) in [7, 11) is -3.57. The van der Waals surface area contributed by atoms with Gasteiger partial charge in [0.25, 0.3) is 5.91 Å². The van der Waals surface area contributed by atoms with Crippen LogP contribution in [-0.2, 0) is 16.6 Å². The molecular weight excluding hydrogens is 392 g/mol. The van der Waals surface area contributed by atoms with E-state index in [0.717, 1.165) is 17.6 Å². The molecule has 0 aliphatic heterocycles. The summed E-state index contributed by atoms with van der Waals surface area (Å²) in [4.78, 5) is 12.7. The molecule has 152 valence electrons. The van der Waals surface area contributed by atoms with Crippen LogP contribution < -0.4 is 9.62 Å². The Morgan fingerprint density at radius 3 is 2.25 bits per heavy atom. The van der Waals surface area contributed by atoms with Crippen LogP contribution in [0.3, 0.4) is 0 Å². The number of nitrogens with zero attached hydrogens (tertiary/aromatic N) is 1. The Morgan fingerprint density at radius 1 is 1.04 bits per heavy atom. The normalized spacial score (nSPS) is 11.9. The van der Waals surface area contributed by atoms with Crippen LogP contribution in [0.1, 0.15) is 36.7 Å². The molecule has 2 aromatic rings. The second-order valence-electron chi connectivity index (χ2n) is 7.49. The molecule has 0 aliphatic carbocycles. The number of rotatable bonds is 8. The van der Waals surface area contributed by atoms with Crippen LogP contribution in [-0.4, -0.2) is 37.6 Å². The molecule has 0 saturated carbocycles. The molecular formula is C21H28N2O3S2. The van der Waals surface area contributed by atoms with Crippen molar-refractivity contribution < 1.29 is 13.2 Å². The Labute approximate surface area is 172 Å². The molecule has 0 saturated heterocycles. The van der Waals surface area contributed by atoms with Gasteiger partial charge in [-0.15, -0.1) is 0 Å². The van der Waals surface area contributed by atoms with E-state index in [1.54, 1.807) is 36.0 Å². The van der Waals surface area contributed by atoms with Gasteiger partial charge in [0.2, 0.25) is 10.0 Å². The van der Waals surface area contributed by atoms with Gasteiger partial charge in [0, 0.05) is 17.0 Å². The number of sulfonamides is 1. The van der Waals surface area contributed by atoms with Gasteiger partial charge < -0.3 is 5.32 Å². The summed E-state index contributed by atoms with van der Waals surface area (Å²) in [5, 5.41) is 2.90. The van der Waals surface area contributed by atoms with E-state index < -0.39 is 10.0 Å². The summed E-state index contributed by atoms with van der Waals surface area (Å²) in [5.74, 6) is 0.517. The van der Waals surface area contributed by atoms with Crippen LogP contribution in [0.25, 0.3) is 0 Å². The van der Waals surface area contributed by atoms with Gasteiger partial charge in [-0.2, -0.15) is 11.8 Å². The average molecular weight is 421 g/mol. The third kappa shape index (κ3) is 6.87. The summed E-state index contributed by atoms with van der Waals surface area (Å²) < 4.78 is 26.4.